The van der Waals surface area contributed by atoms with Gasteiger partial charge in [-0.25, -0.2) is 8.42 Å². The molecule has 0 aliphatic carbocycles. The van der Waals surface area contributed by atoms with Crippen LogP contribution in [0.15, 0.2) is 83.8 Å². The first-order valence-electron chi connectivity index (χ1n) is 12.9. The monoisotopic (exact) mass is 606 g/mol. The molecule has 216 valence electrons. The summed E-state index contributed by atoms with van der Waals surface area (Å²) in [5.41, 5.74) is 3.10. The first-order valence-corrected chi connectivity index (χ1v) is 14.8. The van der Waals surface area contributed by atoms with Crippen LogP contribution in [0, 0.1) is 11.8 Å². The van der Waals surface area contributed by atoms with E-state index < -0.39 is 21.7 Å². The summed E-state index contributed by atoms with van der Waals surface area (Å²) in [5.74, 6) is -0.648. The van der Waals surface area contributed by atoms with Crippen LogP contribution in [-0.4, -0.2) is 62.9 Å². The van der Waals surface area contributed by atoms with Crippen LogP contribution in [0.25, 0.3) is 0 Å². The first kappa shape index (κ1) is 31.9. The number of fused-ring (bicyclic) bond motifs is 3. The van der Waals surface area contributed by atoms with Crippen LogP contribution < -0.4 is 10.1 Å². The van der Waals surface area contributed by atoms with Gasteiger partial charge in [-0.2, -0.15) is 0 Å². The number of nitrogens with one attached hydrogen (secondary N) is 1. The smallest absolute Gasteiger partial charge is 0.308 e. The summed E-state index contributed by atoms with van der Waals surface area (Å²) in [5, 5.41) is 13.8. The molecule has 3 aliphatic rings. The van der Waals surface area contributed by atoms with Crippen molar-refractivity contribution < 1.29 is 23.1 Å². The maximum Gasteiger partial charge on any atom is 0.308 e. The Labute approximate surface area is 248 Å². The summed E-state index contributed by atoms with van der Waals surface area (Å²) in [6, 6.07) is 25.6. The third kappa shape index (κ3) is 6.47. The Morgan fingerprint density at radius 1 is 1.02 bits per heavy atom. The van der Waals surface area contributed by atoms with Gasteiger partial charge in [0.1, 0.15) is 5.75 Å². The molecule has 0 spiro atoms. The van der Waals surface area contributed by atoms with E-state index in [-0.39, 0.29) is 53.6 Å². The van der Waals surface area contributed by atoms with E-state index in [4.69, 9.17) is 4.74 Å². The van der Waals surface area contributed by atoms with E-state index in [1.165, 1.54) is 17.4 Å². The van der Waals surface area contributed by atoms with E-state index in [9.17, 15) is 18.3 Å². The molecule has 3 aromatic rings. The molecule has 0 aromatic heterocycles. The molecule has 0 amide bonds. The highest BCUT2D eigenvalue weighted by Gasteiger charge is 2.52. The highest BCUT2D eigenvalue weighted by Crippen LogP contribution is 2.44. The Morgan fingerprint density at radius 3 is 2.15 bits per heavy atom. The number of carboxylic acid groups (broad SMARTS) is 1. The number of rotatable bonds is 9. The van der Waals surface area contributed by atoms with Crippen molar-refractivity contribution in [3.8, 4) is 5.75 Å². The number of piperidine rings is 3. The van der Waals surface area contributed by atoms with Gasteiger partial charge < -0.3 is 15.2 Å². The van der Waals surface area contributed by atoms with Crippen LogP contribution in [0.5, 0.6) is 5.75 Å². The summed E-state index contributed by atoms with van der Waals surface area (Å²) in [6.07, 6.45) is 1.99. The summed E-state index contributed by atoms with van der Waals surface area (Å²) in [7, 11) is -1.82. The average molecular weight is 608 g/mol. The van der Waals surface area contributed by atoms with Crippen molar-refractivity contribution in [2.24, 2.45) is 11.8 Å². The van der Waals surface area contributed by atoms with Gasteiger partial charge in [0, 0.05) is 42.9 Å². The van der Waals surface area contributed by atoms with Gasteiger partial charge in [0.15, 0.2) is 9.84 Å². The molecule has 7 nitrogen and oxygen atoms in total. The number of nitrogens with zero attached hydrogens (tertiary/aromatic N) is 1. The fraction of sp³-hybridized carbons (Fsp3) is 0.367. The summed E-state index contributed by atoms with van der Waals surface area (Å²) < 4.78 is 30.0. The lowest BCUT2D eigenvalue weighted by atomic mass is 9.66. The van der Waals surface area contributed by atoms with E-state index in [2.05, 4.69) is 34.5 Å². The normalized spacial score (nSPS) is 23.6. The Morgan fingerprint density at radius 2 is 1.62 bits per heavy atom. The third-order valence-electron chi connectivity index (χ3n) is 8.13. The Hall–Kier alpha value is -2.62. The number of carboxylic acids is 1. The fourth-order valence-electron chi connectivity index (χ4n) is 6.39. The van der Waals surface area contributed by atoms with Gasteiger partial charge in [0.2, 0.25) is 0 Å². The maximum atomic E-state index is 12.3. The Bertz CT molecular complexity index is 1350. The number of methoxy groups -OCH3 is 1. The SMILES string of the molecule is COc1ccc(S(C)(=O)=O)cc1CN[C@H]1[C@H]2CCN(C[C@@H]2C(=O)O)[C@@H]1C(c1ccccc1)c1ccccc1.Cl.Cl. The van der Waals surface area contributed by atoms with Crippen LogP contribution in [0.4, 0.5) is 0 Å². The van der Waals surface area contributed by atoms with Gasteiger partial charge in [0.05, 0.1) is 17.9 Å². The molecule has 3 heterocycles. The second kappa shape index (κ2) is 13.4. The van der Waals surface area contributed by atoms with E-state index in [0.29, 0.717) is 18.8 Å². The van der Waals surface area contributed by atoms with Gasteiger partial charge >= 0.3 is 5.97 Å². The standard InChI is InChI=1S/C30H34N2O5S.2ClH/c1-37-26-14-13-23(38(2,35)36)17-22(26)18-31-28-24-15-16-32(19-25(24)30(33)34)29(28)27(20-9-5-3-6-10-20)21-11-7-4-8-12-21;;/h3-14,17,24-25,27-29,31H,15-16,18-19H2,1-2H3,(H,33,34);2*1H/t24-,25-,28-,29+;;/m0../s1. The average Bonchev–Trinajstić information content (AvgIpc) is 2.93. The number of hydrogen-bond donors (Lipinski definition) is 2. The molecule has 3 saturated heterocycles. The zero-order valence-corrected chi connectivity index (χ0v) is 24.9. The Balaban J connectivity index is 0.00000220. The van der Waals surface area contributed by atoms with Crippen molar-refractivity contribution in [2.45, 2.75) is 35.9 Å². The van der Waals surface area contributed by atoms with Crippen molar-refractivity contribution in [1.82, 2.24) is 10.2 Å². The van der Waals surface area contributed by atoms with Crippen LogP contribution in [-0.2, 0) is 21.2 Å². The lowest BCUT2D eigenvalue weighted by Gasteiger charge is -2.56. The van der Waals surface area contributed by atoms with E-state index >= 15 is 0 Å². The van der Waals surface area contributed by atoms with Crippen molar-refractivity contribution in [2.75, 3.05) is 26.5 Å². The Kier molecular flexibility index (Phi) is 10.7. The fourth-order valence-corrected chi connectivity index (χ4v) is 7.06. The molecule has 3 aliphatic heterocycles. The van der Waals surface area contributed by atoms with E-state index in [1.807, 2.05) is 36.4 Å². The molecule has 3 fully saturated rings. The summed E-state index contributed by atoms with van der Waals surface area (Å²) in [4.78, 5) is 14.9. The van der Waals surface area contributed by atoms with E-state index in [1.54, 1.807) is 25.3 Å². The lowest BCUT2D eigenvalue weighted by molar-refractivity contribution is -0.152. The summed E-state index contributed by atoms with van der Waals surface area (Å²) >= 11 is 0. The predicted octanol–water partition coefficient (Wildman–Crippen LogP) is 4.64. The number of carbonyl (C=O) groups is 1. The highest BCUT2D eigenvalue weighted by molar-refractivity contribution is 7.90. The lowest BCUT2D eigenvalue weighted by Crippen LogP contribution is -2.68. The largest absolute Gasteiger partial charge is 0.496 e. The predicted molar refractivity (Wildman–Crippen MR) is 161 cm³/mol. The number of aliphatic carboxylic acids is 1. The molecular weight excluding hydrogens is 571 g/mol. The van der Waals surface area contributed by atoms with Crippen LogP contribution in [0.3, 0.4) is 0 Å². The van der Waals surface area contributed by atoms with Crippen LogP contribution in [0.1, 0.15) is 29.0 Å². The minimum atomic E-state index is -3.39. The van der Waals surface area contributed by atoms with Gasteiger partial charge in [-0.15, -0.1) is 24.8 Å². The molecule has 3 aromatic carbocycles. The number of halogens is 2. The van der Waals surface area contributed by atoms with Gasteiger partial charge in [-0.3, -0.25) is 9.69 Å². The molecule has 1 unspecified atom stereocenters. The molecule has 40 heavy (non-hydrogen) atoms. The van der Waals surface area contributed by atoms with Crippen LogP contribution in [0.2, 0.25) is 0 Å². The number of hydrogen-bond acceptors (Lipinski definition) is 6. The van der Waals surface area contributed by atoms with E-state index in [0.717, 1.165) is 18.5 Å². The zero-order valence-electron chi connectivity index (χ0n) is 22.5. The zero-order chi connectivity index (χ0) is 26.9. The van der Waals surface area contributed by atoms with Crippen LogP contribution >= 0.6 is 24.8 Å². The number of ether oxygens (including phenoxy) is 1. The molecule has 10 heteroatoms. The molecule has 0 radical (unpaired) electrons. The molecular formula is C30H36Cl2N2O5S. The summed E-state index contributed by atoms with van der Waals surface area (Å²) in [6.45, 7) is 1.73. The molecule has 6 rings (SSSR count). The first-order chi connectivity index (χ1) is 18.3. The maximum absolute atomic E-state index is 12.3. The molecule has 0 saturated carbocycles. The van der Waals surface area contributed by atoms with Crippen molar-refractivity contribution >= 4 is 40.6 Å². The minimum absolute atomic E-state index is 0. The highest BCUT2D eigenvalue weighted by atomic mass is 35.5. The minimum Gasteiger partial charge on any atom is -0.496 e. The third-order valence-corrected chi connectivity index (χ3v) is 9.24. The van der Waals surface area contributed by atoms with Crippen molar-refractivity contribution in [3.05, 3.63) is 95.6 Å². The topological polar surface area (TPSA) is 95.9 Å². The number of benzene rings is 3. The second-order valence-electron chi connectivity index (χ2n) is 10.3. The van der Waals surface area contributed by atoms with Gasteiger partial charge in [-0.1, -0.05) is 60.7 Å². The van der Waals surface area contributed by atoms with Gasteiger partial charge in [-0.05, 0) is 48.2 Å². The second-order valence-corrected chi connectivity index (χ2v) is 12.4. The van der Waals surface area contributed by atoms with Crippen molar-refractivity contribution in [1.29, 1.82) is 0 Å². The molecule has 2 bridgehead atoms. The van der Waals surface area contributed by atoms with Crippen molar-refractivity contribution in [3.63, 3.8) is 0 Å². The molecule has 2 N–H and O–H groups in total. The quantitative estimate of drug-likeness (QED) is 0.366. The molecule has 5 atom stereocenters. The van der Waals surface area contributed by atoms with Gasteiger partial charge in [0.25, 0.3) is 0 Å². The number of sulfone groups is 1.